The zero-order valence-electron chi connectivity index (χ0n) is 11.1. The summed E-state index contributed by atoms with van der Waals surface area (Å²) in [5, 5.41) is 2.51. The van der Waals surface area contributed by atoms with Crippen molar-refractivity contribution in [3.8, 4) is 11.8 Å². The first-order valence-electron chi connectivity index (χ1n) is 5.93. The average Bonchev–Trinajstić information content (AvgIpc) is 2.35. The van der Waals surface area contributed by atoms with Crippen LogP contribution in [0, 0.1) is 11.8 Å². The zero-order valence-corrected chi connectivity index (χ0v) is 11.1. The lowest BCUT2D eigenvalue weighted by Crippen LogP contribution is -2.25. The lowest BCUT2D eigenvalue weighted by molar-refractivity contribution is 0.156. The number of ether oxygens (including phenoxy) is 1. The highest BCUT2D eigenvalue weighted by atomic mass is 16.5. The first-order chi connectivity index (χ1) is 8.20. The molecular formula is C13H28N2O2. The maximum absolute atomic E-state index is 11.0. The molecule has 0 bridgehead atoms. The van der Waals surface area contributed by atoms with Gasteiger partial charge in [0.15, 0.2) is 0 Å². The topological polar surface area (TPSA) is 64.3 Å². The molecule has 102 valence electrons. The molecule has 3 N–H and O–H groups in total. The Morgan fingerprint density at radius 1 is 1.47 bits per heavy atom. The lowest BCUT2D eigenvalue weighted by atomic mass is 10.2. The van der Waals surface area contributed by atoms with E-state index in [-0.39, 0.29) is 9.46 Å². The standard InChI is InChI=1S/C11H18N2O2.C2H6.2H2/c1-3-4-5-8-13-11(14)15-9-10(2)6-7-12;1-2;;/h2-3,6-9,12H2,1H3,(H,13,14);1-2H3;2*1H. The molecule has 0 rings (SSSR count). The summed E-state index contributed by atoms with van der Waals surface area (Å²) in [5.74, 6) is 5.61. The van der Waals surface area contributed by atoms with Gasteiger partial charge in [0.25, 0.3) is 0 Å². The summed E-state index contributed by atoms with van der Waals surface area (Å²) < 4.78 is 4.86. The number of nitrogens with one attached hydrogen (secondary N) is 1. The van der Waals surface area contributed by atoms with Gasteiger partial charge in [0.2, 0.25) is 0 Å². The summed E-state index contributed by atoms with van der Waals surface area (Å²) in [6, 6.07) is 0. The summed E-state index contributed by atoms with van der Waals surface area (Å²) in [6.45, 7) is 10.7. The first kappa shape index (κ1) is 17.9. The highest BCUT2D eigenvalue weighted by Crippen LogP contribution is 1.96. The van der Waals surface area contributed by atoms with E-state index in [1.807, 2.05) is 20.8 Å². The van der Waals surface area contributed by atoms with E-state index in [9.17, 15) is 4.79 Å². The smallest absolute Gasteiger partial charge is 0.408 e. The van der Waals surface area contributed by atoms with Gasteiger partial charge in [0.1, 0.15) is 6.61 Å². The van der Waals surface area contributed by atoms with Crippen molar-refractivity contribution in [2.75, 3.05) is 19.7 Å². The summed E-state index contributed by atoms with van der Waals surface area (Å²) in [5.41, 5.74) is 6.13. The van der Waals surface area contributed by atoms with E-state index in [0.29, 0.717) is 19.5 Å². The molecule has 0 spiro atoms. The maximum Gasteiger partial charge on any atom is 0.408 e. The highest BCUT2D eigenvalue weighted by Gasteiger charge is 2.00. The molecule has 0 heterocycles. The van der Waals surface area contributed by atoms with E-state index in [2.05, 4.69) is 23.7 Å². The Kier molecular flexibility index (Phi) is 15.3. The number of amides is 1. The van der Waals surface area contributed by atoms with Crippen LogP contribution in [-0.2, 0) is 4.74 Å². The third-order valence-electron chi connectivity index (χ3n) is 1.53. The molecule has 0 fully saturated rings. The van der Waals surface area contributed by atoms with Crippen molar-refractivity contribution in [2.24, 2.45) is 5.73 Å². The predicted octanol–water partition coefficient (Wildman–Crippen LogP) is 2.55. The van der Waals surface area contributed by atoms with Gasteiger partial charge in [-0.05, 0) is 18.5 Å². The molecule has 0 radical (unpaired) electrons. The van der Waals surface area contributed by atoms with Crippen molar-refractivity contribution in [3.63, 3.8) is 0 Å². The van der Waals surface area contributed by atoms with Crippen LogP contribution in [0.1, 0.15) is 36.5 Å². The Morgan fingerprint density at radius 2 is 2.12 bits per heavy atom. The average molecular weight is 244 g/mol. The fourth-order valence-corrected chi connectivity index (χ4v) is 0.799. The third kappa shape index (κ3) is 14.5. The minimum absolute atomic E-state index is 0. The van der Waals surface area contributed by atoms with Gasteiger partial charge in [0, 0.05) is 9.27 Å². The first-order valence-corrected chi connectivity index (χ1v) is 5.93. The second-order valence-corrected chi connectivity index (χ2v) is 2.93. The predicted molar refractivity (Wildman–Crippen MR) is 75.8 cm³/mol. The molecule has 17 heavy (non-hydrogen) atoms. The van der Waals surface area contributed by atoms with Crippen LogP contribution < -0.4 is 11.1 Å². The molecule has 4 heteroatoms. The van der Waals surface area contributed by atoms with Crippen molar-refractivity contribution in [3.05, 3.63) is 12.2 Å². The monoisotopic (exact) mass is 244 g/mol. The van der Waals surface area contributed by atoms with Gasteiger partial charge in [-0.3, -0.25) is 0 Å². The minimum Gasteiger partial charge on any atom is -0.445 e. The highest BCUT2D eigenvalue weighted by molar-refractivity contribution is 5.67. The van der Waals surface area contributed by atoms with E-state index in [4.69, 9.17) is 10.5 Å². The van der Waals surface area contributed by atoms with Crippen molar-refractivity contribution in [1.29, 1.82) is 0 Å². The zero-order chi connectivity index (χ0) is 13.5. The Balaban J connectivity index is -0.000000267. The van der Waals surface area contributed by atoms with Crippen LogP contribution >= 0.6 is 0 Å². The normalized spacial score (nSPS) is 8.00. The number of rotatable bonds is 5. The number of hydrogen-bond acceptors (Lipinski definition) is 3. The van der Waals surface area contributed by atoms with Crippen LogP contribution in [-0.4, -0.2) is 25.8 Å². The Bertz CT molecular complexity index is 274. The van der Waals surface area contributed by atoms with Gasteiger partial charge >= 0.3 is 6.09 Å². The van der Waals surface area contributed by atoms with Crippen molar-refractivity contribution in [2.45, 2.75) is 33.6 Å². The Labute approximate surface area is 108 Å². The second kappa shape index (κ2) is 14.5. The Hall–Kier alpha value is -1.47. The van der Waals surface area contributed by atoms with Crippen molar-refractivity contribution < 1.29 is 12.4 Å². The van der Waals surface area contributed by atoms with Gasteiger partial charge in [-0.25, -0.2) is 4.79 Å². The fourth-order valence-electron chi connectivity index (χ4n) is 0.799. The van der Waals surface area contributed by atoms with Crippen molar-refractivity contribution >= 4 is 6.09 Å². The number of alkyl carbamates (subject to hydrolysis) is 1. The number of carbonyl (C=O) groups is 1. The molecule has 0 saturated carbocycles. The van der Waals surface area contributed by atoms with Crippen LogP contribution in [0.2, 0.25) is 0 Å². The molecule has 0 saturated heterocycles. The number of carbonyl (C=O) groups excluding carboxylic acids is 1. The molecule has 0 aliphatic carbocycles. The molecule has 0 unspecified atom stereocenters. The molecular weight excluding hydrogens is 216 g/mol. The fraction of sp³-hybridized carbons (Fsp3) is 0.615. The molecule has 0 aliphatic heterocycles. The largest absolute Gasteiger partial charge is 0.445 e. The summed E-state index contributed by atoms with van der Waals surface area (Å²) >= 11 is 0. The van der Waals surface area contributed by atoms with E-state index in [1.54, 1.807) is 0 Å². The van der Waals surface area contributed by atoms with Gasteiger partial charge in [-0.2, -0.15) is 0 Å². The molecule has 1 amide bonds. The minimum atomic E-state index is -0.474. The molecule has 0 atom stereocenters. The van der Waals surface area contributed by atoms with Gasteiger partial charge < -0.3 is 15.8 Å². The van der Waals surface area contributed by atoms with E-state index < -0.39 is 6.09 Å². The molecule has 4 nitrogen and oxygen atoms in total. The summed E-state index contributed by atoms with van der Waals surface area (Å²) in [4.78, 5) is 11.0. The van der Waals surface area contributed by atoms with E-state index in [1.165, 1.54) is 0 Å². The molecule has 0 aromatic carbocycles. The van der Waals surface area contributed by atoms with Crippen LogP contribution in [0.15, 0.2) is 12.2 Å². The lowest BCUT2D eigenvalue weighted by Gasteiger charge is -2.06. The van der Waals surface area contributed by atoms with Crippen molar-refractivity contribution in [1.82, 2.24) is 5.32 Å². The summed E-state index contributed by atoms with van der Waals surface area (Å²) in [6.07, 6.45) is 0.978. The molecule has 0 aromatic rings. The van der Waals surface area contributed by atoms with Crippen LogP contribution in [0.5, 0.6) is 0 Å². The summed E-state index contributed by atoms with van der Waals surface area (Å²) in [7, 11) is 0. The quantitative estimate of drug-likeness (QED) is 0.577. The number of nitrogens with two attached hydrogens (primary N) is 1. The Morgan fingerprint density at radius 3 is 2.65 bits per heavy atom. The number of hydrogen-bond donors (Lipinski definition) is 2. The van der Waals surface area contributed by atoms with E-state index in [0.717, 1.165) is 12.0 Å². The van der Waals surface area contributed by atoms with Gasteiger partial charge in [-0.1, -0.05) is 33.3 Å². The van der Waals surface area contributed by atoms with Gasteiger partial charge in [0.05, 0.1) is 6.54 Å². The molecule has 0 aromatic heterocycles. The third-order valence-corrected chi connectivity index (χ3v) is 1.53. The second-order valence-electron chi connectivity index (χ2n) is 2.93. The van der Waals surface area contributed by atoms with E-state index >= 15 is 0 Å². The van der Waals surface area contributed by atoms with Crippen LogP contribution in [0.3, 0.4) is 0 Å². The SMILES string of the molecule is C=C(CCN)COC(=O)NCC#CCC.CC.[HH].[HH]. The van der Waals surface area contributed by atoms with Crippen LogP contribution in [0.4, 0.5) is 4.79 Å². The molecule has 0 aliphatic rings. The van der Waals surface area contributed by atoms with Crippen LogP contribution in [0.25, 0.3) is 0 Å². The maximum atomic E-state index is 11.0. The van der Waals surface area contributed by atoms with Gasteiger partial charge in [-0.15, -0.1) is 5.92 Å².